The van der Waals surface area contributed by atoms with Crippen LogP contribution in [-0.2, 0) is 26.2 Å². The van der Waals surface area contributed by atoms with E-state index in [4.69, 9.17) is 4.74 Å². The number of nitrogens with zero attached hydrogens (tertiary/aromatic N) is 2. The summed E-state index contributed by atoms with van der Waals surface area (Å²) in [5.41, 5.74) is 0.323. The third-order valence-corrected chi connectivity index (χ3v) is 6.09. The molecule has 0 aliphatic heterocycles. The molecule has 34 heavy (non-hydrogen) atoms. The maximum Gasteiger partial charge on any atom is 0.244 e. The van der Waals surface area contributed by atoms with E-state index in [9.17, 15) is 22.4 Å². The number of hydrogen-bond acceptors (Lipinski definition) is 5. The Kier molecular flexibility index (Phi) is 8.66. The lowest BCUT2D eigenvalue weighted by Gasteiger charge is -2.33. The molecule has 0 fully saturated rings. The smallest absolute Gasteiger partial charge is 0.244 e. The van der Waals surface area contributed by atoms with Gasteiger partial charge in [-0.1, -0.05) is 12.1 Å². The highest BCUT2D eigenvalue weighted by Crippen LogP contribution is 2.21. The fraction of sp³-hybridized carbons (Fsp3) is 0.417. The quantitative estimate of drug-likeness (QED) is 0.580. The second kappa shape index (κ2) is 10.9. The first-order valence-corrected chi connectivity index (χ1v) is 12.5. The van der Waals surface area contributed by atoms with E-state index >= 15 is 0 Å². The number of nitrogens with one attached hydrogen (secondary N) is 1. The van der Waals surface area contributed by atoms with E-state index < -0.39 is 39.9 Å². The predicted octanol–water partition coefficient (Wildman–Crippen LogP) is 2.93. The van der Waals surface area contributed by atoms with Gasteiger partial charge in [-0.15, -0.1) is 0 Å². The molecule has 0 aromatic heterocycles. The third kappa shape index (κ3) is 7.72. The lowest BCUT2D eigenvalue weighted by atomic mass is 10.1. The first-order chi connectivity index (χ1) is 15.7. The molecule has 2 rings (SSSR count). The number of benzene rings is 2. The summed E-state index contributed by atoms with van der Waals surface area (Å²) in [6, 6.07) is 10.9. The van der Waals surface area contributed by atoms with Crippen LogP contribution in [0.4, 0.5) is 10.1 Å². The Labute approximate surface area is 200 Å². The van der Waals surface area contributed by atoms with Crippen molar-refractivity contribution in [2.75, 3.05) is 24.2 Å². The summed E-state index contributed by atoms with van der Waals surface area (Å²) in [5.74, 6) is -0.915. The van der Waals surface area contributed by atoms with Crippen LogP contribution in [0.25, 0.3) is 0 Å². The number of halogens is 1. The van der Waals surface area contributed by atoms with E-state index in [1.54, 1.807) is 31.2 Å². The Bertz CT molecular complexity index is 1110. The molecule has 0 saturated heterocycles. The molecule has 0 bridgehead atoms. The van der Waals surface area contributed by atoms with Crippen molar-refractivity contribution in [3.63, 3.8) is 0 Å². The molecule has 0 spiro atoms. The van der Waals surface area contributed by atoms with Gasteiger partial charge < -0.3 is 15.0 Å². The van der Waals surface area contributed by atoms with Gasteiger partial charge in [0.15, 0.2) is 0 Å². The fourth-order valence-corrected chi connectivity index (χ4v) is 4.09. The molecule has 10 heteroatoms. The Morgan fingerprint density at radius 3 is 2.26 bits per heavy atom. The van der Waals surface area contributed by atoms with Crippen LogP contribution >= 0.6 is 0 Å². The van der Waals surface area contributed by atoms with Gasteiger partial charge in [0.1, 0.15) is 24.2 Å². The Morgan fingerprint density at radius 2 is 1.74 bits per heavy atom. The average molecular weight is 494 g/mol. The molecule has 186 valence electrons. The standard InChI is InChI=1S/C24H32FN3O5S/c1-17(23(30)26-24(2,3)4)27(15-18-8-7-9-21(14-18)33-5)22(29)16-28(34(6,31)32)20-12-10-19(25)11-13-20/h7-14,17H,15-16H2,1-6H3,(H,26,30). The van der Waals surface area contributed by atoms with Crippen LogP contribution in [0, 0.1) is 5.82 Å². The second-order valence-electron chi connectivity index (χ2n) is 9.03. The van der Waals surface area contributed by atoms with Gasteiger partial charge in [-0.2, -0.15) is 0 Å². The first-order valence-electron chi connectivity index (χ1n) is 10.7. The van der Waals surface area contributed by atoms with Crippen LogP contribution in [-0.4, -0.2) is 56.6 Å². The van der Waals surface area contributed by atoms with Gasteiger partial charge >= 0.3 is 0 Å². The molecular formula is C24H32FN3O5S. The summed E-state index contributed by atoms with van der Waals surface area (Å²) in [6.07, 6.45) is 0.964. The van der Waals surface area contributed by atoms with Gasteiger partial charge in [-0.3, -0.25) is 13.9 Å². The highest BCUT2D eigenvalue weighted by Gasteiger charge is 2.31. The number of amides is 2. The minimum Gasteiger partial charge on any atom is -0.497 e. The Morgan fingerprint density at radius 1 is 1.12 bits per heavy atom. The highest BCUT2D eigenvalue weighted by molar-refractivity contribution is 7.92. The molecule has 0 radical (unpaired) electrons. The van der Waals surface area contributed by atoms with Crippen LogP contribution in [0.2, 0.25) is 0 Å². The lowest BCUT2D eigenvalue weighted by Crippen LogP contribution is -2.54. The third-order valence-electron chi connectivity index (χ3n) is 4.95. The molecule has 8 nitrogen and oxygen atoms in total. The molecule has 2 aromatic carbocycles. The summed E-state index contributed by atoms with van der Waals surface area (Å²) in [7, 11) is -2.35. The number of ether oxygens (including phenoxy) is 1. The minimum absolute atomic E-state index is 0.0514. The predicted molar refractivity (Wildman–Crippen MR) is 129 cm³/mol. The molecule has 0 aliphatic carbocycles. The van der Waals surface area contributed by atoms with Crippen molar-refractivity contribution in [2.45, 2.75) is 45.8 Å². The maximum absolute atomic E-state index is 13.4. The van der Waals surface area contributed by atoms with E-state index in [2.05, 4.69) is 5.32 Å². The zero-order valence-corrected chi connectivity index (χ0v) is 21.1. The normalized spacial score (nSPS) is 12.6. The van der Waals surface area contributed by atoms with Crippen molar-refractivity contribution in [2.24, 2.45) is 0 Å². The number of sulfonamides is 1. The maximum atomic E-state index is 13.4. The van der Waals surface area contributed by atoms with Gasteiger partial charge in [0, 0.05) is 12.1 Å². The number of anilines is 1. The van der Waals surface area contributed by atoms with Crippen molar-refractivity contribution < 1.29 is 27.1 Å². The van der Waals surface area contributed by atoms with Crippen molar-refractivity contribution in [1.29, 1.82) is 0 Å². The van der Waals surface area contributed by atoms with Crippen molar-refractivity contribution in [1.82, 2.24) is 10.2 Å². The largest absolute Gasteiger partial charge is 0.497 e. The van der Waals surface area contributed by atoms with Crippen LogP contribution in [0.3, 0.4) is 0 Å². The molecule has 0 aliphatic rings. The van der Waals surface area contributed by atoms with Crippen molar-refractivity contribution in [3.05, 3.63) is 59.9 Å². The highest BCUT2D eigenvalue weighted by atomic mass is 32.2. The van der Waals surface area contributed by atoms with E-state index in [1.165, 1.54) is 24.1 Å². The zero-order chi connectivity index (χ0) is 25.7. The van der Waals surface area contributed by atoms with Gasteiger partial charge in [0.25, 0.3) is 0 Å². The molecule has 1 atom stereocenters. The van der Waals surface area contributed by atoms with Gasteiger partial charge in [0.05, 0.1) is 19.1 Å². The number of methoxy groups -OCH3 is 1. The second-order valence-corrected chi connectivity index (χ2v) is 10.9. The van der Waals surface area contributed by atoms with Crippen molar-refractivity contribution >= 4 is 27.5 Å². The lowest BCUT2D eigenvalue weighted by molar-refractivity contribution is -0.140. The molecule has 0 heterocycles. The number of rotatable bonds is 9. The number of hydrogen-bond donors (Lipinski definition) is 1. The first kappa shape index (κ1) is 27.1. The minimum atomic E-state index is -3.87. The van der Waals surface area contributed by atoms with E-state index in [0.717, 1.165) is 22.7 Å². The fourth-order valence-electron chi connectivity index (χ4n) is 3.25. The summed E-state index contributed by atoms with van der Waals surface area (Å²) < 4.78 is 44.5. The zero-order valence-electron chi connectivity index (χ0n) is 20.3. The van der Waals surface area contributed by atoms with E-state index in [0.29, 0.717) is 11.3 Å². The van der Waals surface area contributed by atoms with E-state index in [1.807, 2.05) is 20.8 Å². The molecule has 0 saturated carbocycles. The molecular weight excluding hydrogens is 461 g/mol. The number of carbonyl (C=O) groups excluding carboxylic acids is 2. The monoisotopic (exact) mass is 493 g/mol. The average Bonchev–Trinajstić information content (AvgIpc) is 2.74. The molecule has 2 amide bonds. The summed E-state index contributed by atoms with van der Waals surface area (Å²) in [5, 5.41) is 2.85. The van der Waals surface area contributed by atoms with Gasteiger partial charge in [-0.05, 0) is 69.7 Å². The van der Waals surface area contributed by atoms with Crippen LogP contribution in [0.5, 0.6) is 5.75 Å². The molecule has 2 aromatic rings. The summed E-state index contributed by atoms with van der Waals surface area (Å²) in [6.45, 7) is 6.56. The topological polar surface area (TPSA) is 96.0 Å². The van der Waals surface area contributed by atoms with Crippen LogP contribution in [0.1, 0.15) is 33.3 Å². The summed E-state index contributed by atoms with van der Waals surface area (Å²) >= 11 is 0. The van der Waals surface area contributed by atoms with Crippen LogP contribution < -0.4 is 14.4 Å². The number of carbonyl (C=O) groups is 2. The van der Waals surface area contributed by atoms with Gasteiger partial charge in [0.2, 0.25) is 21.8 Å². The Hall–Kier alpha value is -3.14. The van der Waals surface area contributed by atoms with Gasteiger partial charge in [-0.25, -0.2) is 12.8 Å². The van der Waals surface area contributed by atoms with Crippen LogP contribution in [0.15, 0.2) is 48.5 Å². The van der Waals surface area contributed by atoms with Crippen molar-refractivity contribution in [3.8, 4) is 5.75 Å². The van der Waals surface area contributed by atoms with E-state index in [-0.39, 0.29) is 18.1 Å². The SMILES string of the molecule is COc1cccc(CN(C(=O)CN(c2ccc(F)cc2)S(C)(=O)=O)C(C)C(=O)NC(C)(C)C)c1. The molecule has 1 unspecified atom stereocenters. The molecule has 1 N–H and O–H groups in total. The summed E-state index contributed by atoms with van der Waals surface area (Å²) in [4.78, 5) is 27.7. The Balaban J connectivity index is 2.41.